The van der Waals surface area contributed by atoms with Crippen LogP contribution in [0.3, 0.4) is 0 Å². The Hall–Kier alpha value is -0.730. The molecule has 1 heterocycles. The van der Waals surface area contributed by atoms with Crippen molar-refractivity contribution in [3.05, 3.63) is 0 Å². The second kappa shape index (κ2) is 6.27. The highest BCUT2D eigenvalue weighted by molar-refractivity contribution is 5.65. The van der Waals surface area contributed by atoms with Gasteiger partial charge in [-0.3, -0.25) is 4.79 Å². The van der Waals surface area contributed by atoms with Crippen molar-refractivity contribution in [2.24, 2.45) is 0 Å². The summed E-state index contributed by atoms with van der Waals surface area (Å²) < 4.78 is 19.9. The Kier molecular flexibility index (Phi) is 5.29. The Morgan fingerprint density at radius 1 is 1.24 bits per heavy atom. The Morgan fingerprint density at radius 2 is 1.82 bits per heavy atom. The molecule has 1 aliphatic rings. The minimum absolute atomic E-state index is 0.149. The molecule has 1 unspecified atom stereocenters. The summed E-state index contributed by atoms with van der Waals surface area (Å²) in [5.41, 5.74) is 0. The van der Waals surface area contributed by atoms with Crippen molar-refractivity contribution in [3.8, 4) is 0 Å². The minimum Gasteiger partial charge on any atom is -0.463 e. The largest absolute Gasteiger partial charge is 0.463 e. The van der Waals surface area contributed by atoms with Gasteiger partial charge < -0.3 is 29.2 Å². The van der Waals surface area contributed by atoms with E-state index in [4.69, 9.17) is 18.9 Å². The number of hydrogen-bond acceptors (Lipinski definition) is 7. The number of methoxy groups -OCH3 is 2. The minimum atomic E-state index is -1.24. The van der Waals surface area contributed by atoms with Crippen LogP contribution in [0.4, 0.5) is 0 Å². The Labute approximate surface area is 99.2 Å². The van der Waals surface area contributed by atoms with Crippen molar-refractivity contribution in [1.82, 2.24) is 0 Å². The fraction of sp³-hybridized carbons (Fsp3) is 0.900. The lowest BCUT2D eigenvalue weighted by atomic mass is 9.99. The van der Waals surface area contributed by atoms with Crippen molar-refractivity contribution < 1.29 is 34.0 Å². The Balaban J connectivity index is 2.66. The molecule has 0 spiro atoms. The summed E-state index contributed by atoms with van der Waals surface area (Å²) in [6.07, 6.45) is -4.67. The molecular weight excluding hydrogens is 232 g/mol. The molecule has 2 N–H and O–H groups in total. The number of carbonyl (C=O) groups is 1. The summed E-state index contributed by atoms with van der Waals surface area (Å²) in [5.74, 6) is -0.488. The number of aliphatic hydroxyl groups is 2. The zero-order valence-corrected chi connectivity index (χ0v) is 10.0. The fourth-order valence-corrected chi connectivity index (χ4v) is 1.77. The summed E-state index contributed by atoms with van der Waals surface area (Å²) in [6, 6.07) is 0. The first-order chi connectivity index (χ1) is 8.01. The number of ether oxygens (including phenoxy) is 4. The first-order valence-electron chi connectivity index (χ1n) is 5.21. The number of rotatable bonds is 4. The highest BCUT2D eigenvalue weighted by Gasteiger charge is 2.45. The van der Waals surface area contributed by atoms with E-state index in [1.165, 1.54) is 21.1 Å². The standard InChI is InChI=1S/C10H18O7/c1-5(11)16-4-6-7(12)8(14-2)9(15-3)10(13)17-6/h6-10,12-13H,4H2,1-3H3/t6-,7-,8+,9-,10?/m1/s1. The van der Waals surface area contributed by atoms with Gasteiger partial charge in [-0.15, -0.1) is 0 Å². The topological polar surface area (TPSA) is 94.5 Å². The maximum absolute atomic E-state index is 10.7. The molecule has 7 heteroatoms. The van der Waals surface area contributed by atoms with E-state index in [2.05, 4.69) is 0 Å². The van der Waals surface area contributed by atoms with Gasteiger partial charge >= 0.3 is 5.97 Å². The SMILES string of the molecule is CO[C@H]1[C@H](O)[C@@H](COC(C)=O)OC(O)[C@@H]1OC. The summed E-state index contributed by atoms with van der Waals surface area (Å²) in [6.45, 7) is 1.10. The third kappa shape index (κ3) is 3.36. The third-order valence-corrected chi connectivity index (χ3v) is 2.63. The molecule has 0 saturated carbocycles. The monoisotopic (exact) mass is 250 g/mol. The van der Waals surface area contributed by atoms with Gasteiger partial charge in [0.05, 0.1) is 0 Å². The highest BCUT2D eigenvalue weighted by Crippen LogP contribution is 2.24. The van der Waals surface area contributed by atoms with Gasteiger partial charge in [-0.05, 0) is 0 Å². The van der Waals surface area contributed by atoms with Crippen molar-refractivity contribution in [1.29, 1.82) is 0 Å². The lowest BCUT2D eigenvalue weighted by molar-refractivity contribution is -0.296. The Bertz CT molecular complexity index is 257. The molecule has 0 bridgehead atoms. The van der Waals surface area contributed by atoms with Crippen molar-refractivity contribution in [3.63, 3.8) is 0 Å². The van der Waals surface area contributed by atoms with Crippen LogP contribution < -0.4 is 0 Å². The smallest absolute Gasteiger partial charge is 0.302 e. The average molecular weight is 250 g/mol. The number of carbonyl (C=O) groups excluding carboxylic acids is 1. The zero-order valence-electron chi connectivity index (χ0n) is 10.0. The van der Waals surface area contributed by atoms with Crippen LogP contribution in [-0.4, -0.2) is 67.7 Å². The van der Waals surface area contributed by atoms with Gasteiger partial charge in [-0.2, -0.15) is 0 Å². The molecule has 0 aromatic heterocycles. The molecule has 17 heavy (non-hydrogen) atoms. The van der Waals surface area contributed by atoms with Crippen LogP contribution >= 0.6 is 0 Å². The summed E-state index contributed by atoms with van der Waals surface area (Å²) in [4.78, 5) is 10.7. The molecule has 1 rings (SSSR count). The number of hydrogen-bond donors (Lipinski definition) is 2. The predicted molar refractivity (Wildman–Crippen MR) is 55.1 cm³/mol. The summed E-state index contributed by atoms with van der Waals surface area (Å²) >= 11 is 0. The number of esters is 1. The van der Waals surface area contributed by atoms with Gasteiger partial charge in [-0.25, -0.2) is 0 Å². The number of aliphatic hydroxyl groups excluding tert-OH is 2. The van der Waals surface area contributed by atoms with E-state index in [9.17, 15) is 15.0 Å². The highest BCUT2D eigenvalue weighted by atomic mass is 16.7. The van der Waals surface area contributed by atoms with Gasteiger partial charge in [0.25, 0.3) is 0 Å². The molecule has 1 aliphatic heterocycles. The van der Waals surface area contributed by atoms with Crippen LogP contribution in [0, 0.1) is 0 Å². The lowest BCUT2D eigenvalue weighted by Gasteiger charge is -2.41. The molecular formula is C10H18O7. The normalized spacial score (nSPS) is 37.8. The molecule has 0 aromatic rings. The molecule has 1 saturated heterocycles. The molecule has 0 radical (unpaired) electrons. The molecule has 0 amide bonds. The molecule has 0 aliphatic carbocycles. The third-order valence-electron chi connectivity index (χ3n) is 2.63. The van der Waals surface area contributed by atoms with Crippen LogP contribution in [0.25, 0.3) is 0 Å². The molecule has 0 aromatic carbocycles. The van der Waals surface area contributed by atoms with Gasteiger partial charge in [0.2, 0.25) is 0 Å². The second-order valence-electron chi connectivity index (χ2n) is 3.76. The predicted octanol–water partition coefficient (Wildman–Crippen LogP) is -1.34. The van der Waals surface area contributed by atoms with E-state index < -0.39 is 36.7 Å². The maximum Gasteiger partial charge on any atom is 0.302 e. The van der Waals surface area contributed by atoms with Crippen molar-refractivity contribution in [2.45, 2.75) is 37.6 Å². The van der Waals surface area contributed by atoms with Gasteiger partial charge in [0.15, 0.2) is 6.29 Å². The molecule has 100 valence electrons. The van der Waals surface area contributed by atoms with E-state index in [1.807, 2.05) is 0 Å². The van der Waals surface area contributed by atoms with Crippen molar-refractivity contribution in [2.75, 3.05) is 20.8 Å². The van der Waals surface area contributed by atoms with Gasteiger partial charge in [0.1, 0.15) is 31.0 Å². The van der Waals surface area contributed by atoms with Crippen LogP contribution in [0.15, 0.2) is 0 Å². The lowest BCUT2D eigenvalue weighted by Crippen LogP contribution is -2.60. The first kappa shape index (κ1) is 14.3. The Morgan fingerprint density at radius 3 is 2.29 bits per heavy atom. The molecule has 5 atom stereocenters. The van der Waals surface area contributed by atoms with E-state index in [-0.39, 0.29) is 6.61 Å². The summed E-state index contributed by atoms with van der Waals surface area (Å²) in [5, 5.41) is 19.6. The van der Waals surface area contributed by atoms with Crippen LogP contribution in [0.5, 0.6) is 0 Å². The quantitative estimate of drug-likeness (QED) is 0.596. The second-order valence-corrected chi connectivity index (χ2v) is 3.76. The molecule has 1 fully saturated rings. The van der Waals surface area contributed by atoms with E-state index in [1.54, 1.807) is 0 Å². The van der Waals surface area contributed by atoms with E-state index >= 15 is 0 Å². The van der Waals surface area contributed by atoms with Crippen LogP contribution in [-0.2, 0) is 23.7 Å². The maximum atomic E-state index is 10.7. The van der Waals surface area contributed by atoms with E-state index in [0.29, 0.717) is 0 Å². The summed E-state index contributed by atoms with van der Waals surface area (Å²) in [7, 11) is 2.77. The van der Waals surface area contributed by atoms with Crippen LogP contribution in [0.2, 0.25) is 0 Å². The first-order valence-corrected chi connectivity index (χ1v) is 5.21. The average Bonchev–Trinajstić information content (AvgIpc) is 2.28. The van der Waals surface area contributed by atoms with Gasteiger partial charge in [-0.1, -0.05) is 0 Å². The zero-order chi connectivity index (χ0) is 13.0. The van der Waals surface area contributed by atoms with Crippen molar-refractivity contribution >= 4 is 5.97 Å². The van der Waals surface area contributed by atoms with Gasteiger partial charge in [0, 0.05) is 21.1 Å². The van der Waals surface area contributed by atoms with Crippen LogP contribution in [0.1, 0.15) is 6.92 Å². The molecule has 7 nitrogen and oxygen atoms in total. The van der Waals surface area contributed by atoms with E-state index in [0.717, 1.165) is 0 Å². The fourth-order valence-electron chi connectivity index (χ4n) is 1.77.